The fourth-order valence-corrected chi connectivity index (χ4v) is 3.78. The van der Waals surface area contributed by atoms with E-state index in [1.165, 1.54) is 4.88 Å². The Bertz CT molecular complexity index is 1070. The normalized spacial score (nSPS) is 10.9. The molecule has 0 aliphatic heterocycles. The van der Waals surface area contributed by atoms with Gasteiger partial charge in [-0.3, -0.25) is 0 Å². The van der Waals surface area contributed by atoms with E-state index < -0.39 is 0 Å². The van der Waals surface area contributed by atoms with Crippen molar-refractivity contribution in [3.63, 3.8) is 0 Å². The van der Waals surface area contributed by atoms with Gasteiger partial charge in [-0.2, -0.15) is 0 Å². The minimum Gasteiger partial charge on any atom is -0.495 e. The highest BCUT2D eigenvalue weighted by Crippen LogP contribution is 2.35. The molecule has 4 nitrogen and oxygen atoms in total. The van der Waals surface area contributed by atoms with Crippen LogP contribution in [0.5, 0.6) is 5.75 Å². The molecule has 0 atom stereocenters. The Morgan fingerprint density at radius 3 is 2.54 bits per heavy atom. The van der Waals surface area contributed by atoms with E-state index >= 15 is 0 Å². The van der Waals surface area contributed by atoms with E-state index in [4.69, 9.17) is 14.7 Å². The molecule has 0 saturated carbocycles. The number of fused-ring (bicyclic) bond motifs is 1. The Morgan fingerprint density at radius 2 is 1.77 bits per heavy atom. The number of methoxy groups -OCH3 is 1. The van der Waals surface area contributed by atoms with Crippen molar-refractivity contribution >= 4 is 33.1 Å². The van der Waals surface area contributed by atoms with Crippen LogP contribution in [0.2, 0.25) is 0 Å². The number of nitrogens with zero attached hydrogens (tertiary/aromatic N) is 2. The molecule has 0 aliphatic carbocycles. The molecule has 26 heavy (non-hydrogen) atoms. The standard InChI is InChI=1S/C21H19N3OS/c1-13-9-10-18(25-3)17(11-13)22-20-16-12-14(2)26-21(16)24-19(23-20)15-7-5-4-6-8-15/h4-12H,1-3H3,(H,22,23,24). The zero-order valence-electron chi connectivity index (χ0n) is 14.9. The van der Waals surface area contributed by atoms with Crippen molar-refractivity contribution in [1.82, 2.24) is 9.97 Å². The minimum absolute atomic E-state index is 0.717. The van der Waals surface area contributed by atoms with Gasteiger partial charge >= 0.3 is 0 Å². The number of nitrogens with one attached hydrogen (secondary N) is 1. The number of ether oxygens (including phenoxy) is 1. The first kappa shape index (κ1) is 16.5. The Balaban J connectivity index is 1.87. The maximum atomic E-state index is 5.50. The lowest BCUT2D eigenvalue weighted by atomic mass is 10.2. The second-order valence-corrected chi connectivity index (χ2v) is 7.40. The van der Waals surface area contributed by atoms with E-state index in [2.05, 4.69) is 31.3 Å². The Labute approximate surface area is 156 Å². The summed E-state index contributed by atoms with van der Waals surface area (Å²) in [6.07, 6.45) is 0. The number of aryl methyl sites for hydroxylation is 2. The maximum absolute atomic E-state index is 5.50. The Morgan fingerprint density at radius 1 is 0.962 bits per heavy atom. The van der Waals surface area contributed by atoms with Crippen LogP contribution >= 0.6 is 11.3 Å². The van der Waals surface area contributed by atoms with Crippen LogP contribution in [0.1, 0.15) is 10.4 Å². The quantitative estimate of drug-likeness (QED) is 0.504. The number of hydrogen-bond acceptors (Lipinski definition) is 5. The summed E-state index contributed by atoms with van der Waals surface area (Å²) in [6, 6.07) is 18.2. The summed E-state index contributed by atoms with van der Waals surface area (Å²) in [5.74, 6) is 2.30. The van der Waals surface area contributed by atoms with Gasteiger partial charge in [-0.05, 0) is 37.6 Å². The minimum atomic E-state index is 0.717. The van der Waals surface area contributed by atoms with Gasteiger partial charge in [0.1, 0.15) is 16.4 Å². The molecule has 0 saturated heterocycles. The highest BCUT2D eigenvalue weighted by molar-refractivity contribution is 7.18. The van der Waals surface area contributed by atoms with Crippen molar-refractivity contribution in [1.29, 1.82) is 0 Å². The molecule has 0 amide bonds. The summed E-state index contributed by atoms with van der Waals surface area (Å²) in [5.41, 5.74) is 3.05. The topological polar surface area (TPSA) is 47.0 Å². The summed E-state index contributed by atoms with van der Waals surface area (Å²) in [6.45, 7) is 4.15. The van der Waals surface area contributed by atoms with Crippen LogP contribution in [-0.2, 0) is 0 Å². The molecule has 0 unspecified atom stereocenters. The van der Waals surface area contributed by atoms with E-state index in [-0.39, 0.29) is 0 Å². The van der Waals surface area contributed by atoms with E-state index in [1.54, 1.807) is 18.4 Å². The molecule has 0 bridgehead atoms. The first-order valence-electron chi connectivity index (χ1n) is 8.39. The van der Waals surface area contributed by atoms with Gasteiger partial charge in [0.05, 0.1) is 18.2 Å². The molecule has 2 heterocycles. The first-order valence-corrected chi connectivity index (χ1v) is 9.21. The molecule has 0 aliphatic rings. The lowest BCUT2D eigenvalue weighted by Gasteiger charge is -2.13. The third-order valence-corrected chi connectivity index (χ3v) is 5.10. The van der Waals surface area contributed by atoms with Crippen molar-refractivity contribution in [2.45, 2.75) is 13.8 Å². The second-order valence-electron chi connectivity index (χ2n) is 6.17. The van der Waals surface area contributed by atoms with Gasteiger partial charge in [-0.15, -0.1) is 11.3 Å². The van der Waals surface area contributed by atoms with Crippen LogP contribution in [0.25, 0.3) is 21.6 Å². The van der Waals surface area contributed by atoms with Gasteiger partial charge in [0.2, 0.25) is 0 Å². The molecule has 4 aromatic rings. The van der Waals surface area contributed by atoms with Crippen molar-refractivity contribution in [3.05, 3.63) is 65.0 Å². The average molecular weight is 361 g/mol. The average Bonchev–Trinajstić information content (AvgIpc) is 3.03. The lowest BCUT2D eigenvalue weighted by Crippen LogP contribution is -2.00. The summed E-state index contributed by atoms with van der Waals surface area (Å²) in [4.78, 5) is 11.8. The van der Waals surface area contributed by atoms with E-state index in [1.807, 2.05) is 42.5 Å². The molecule has 5 heteroatoms. The fourth-order valence-electron chi connectivity index (χ4n) is 2.90. The number of benzene rings is 2. The molecular weight excluding hydrogens is 342 g/mol. The van der Waals surface area contributed by atoms with Crippen LogP contribution in [0.4, 0.5) is 11.5 Å². The van der Waals surface area contributed by atoms with E-state index in [0.717, 1.165) is 38.6 Å². The zero-order chi connectivity index (χ0) is 18.1. The van der Waals surface area contributed by atoms with Crippen LogP contribution in [-0.4, -0.2) is 17.1 Å². The smallest absolute Gasteiger partial charge is 0.163 e. The van der Waals surface area contributed by atoms with Crippen molar-refractivity contribution in [2.24, 2.45) is 0 Å². The van der Waals surface area contributed by atoms with Crippen molar-refractivity contribution in [3.8, 4) is 17.1 Å². The van der Waals surface area contributed by atoms with Gasteiger partial charge < -0.3 is 10.1 Å². The molecule has 4 rings (SSSR count). The summed E-state index contributed by atoms with van der Waals surface area (Å²) < 4.78 is 5.50. The largest absolute Gasteiger partial charge is 0.495 e. The van der Waals surface area contributed by atoms with Crippen LogP contribution < -0.4 is 10.1 Å². The number of hydrogen-bond donors (Lipinski definition) is 1. The molecular formula is C21H19N3OS. The van der Waals surface area contributed by atoms with Gasteiger partial charge in [0.25, 0.3) is 0 Å². The van der Waals surface area contributed by atoms with Crippen LogP contribution in [0.15, 0.2) is 54.6 Å². The molecule has 2 aromatic carbocycles. The summed E-state index contributed by atoms with van der Waals surface area (Å²) in [5, 5.41) is 4.49. The molecule has 0 spiro atoms. The third kappa shape index (κ3) is 3.13. The van der Waals surface area contributed by atoms with Crippen molar-refractivity contribution < 1.29 is 4.74 Å². The molecule has 1 N–H and O–H groups in total. The SMILES string of the molecule is COc1ccc(C)cc1Nc1nc(-c2ccccc2)nc2sc(C)cc12. The van der Waals surface area contributed by atoms with Gasteiger partial charge in [-0.25, -0.2) is 9.97 Å². The first-order chi connectivity index (χ1) is 12.6. The zero-order valence-corrected chi connectivity index (χ0v) is 15.7. The maximum Gasteiger partial charge on any atom is 0.163 e. The second kappa shape index (κ2) is 6.77. The third-order valence-electron chi connectivity index (χ3n) is 4.16. The monoisotopic (exact) mass is 361 g/mol. The van der Waals surface area contributed by atoms with Gasteiger partial charge in [0.15, 0.2) is 5.82 Å². The van der Waals surface area contributed by atoms with Crippen LogP contribution in [0.3, 0.4) is 0 Å². The number of aromatic nitrogens is 2. The number of thiophene rings is 1. The lowest BCUT2D eigenvalue weighted by molar-refractivity contribution is 0.416. The Kier molecular flexibility index (Phi) is 4.31. The summed E-state index contributed by atoms with van der Waals surface area (Å²) in [7, 11) is 1.68. The van der Waals surface area contributed by atoms with Gasteiger partial charge in [-0.1, -0.05) is 36.4 Å². The van der Waals surface area contributed by atoms with E-state index in [0.29, 0.717) is 5.82 Å². The molecule has 2 aromatic heterocycles. The Hall–Kier alpha value is -2.92. The molecule has 130 valence electrons. The fraction of sp³-hybridized carbons (Fsp3) is 0.143. The van der Waals surface area contributed by atoms with E-state index in [9.17, 15) is 0 Å². The predicted molar refractivity (Wildman–Crippen MR) is 109 cm³/mol. The van der Waals surface area contributed by atoms with Crippen LogP contribution in [0, 0.1) is 13.8 Å². The highest BCUT2D eigenvalue weighted by atomic mass is 32.1. The van der Waals surface area contributed by atoms with Gasteiger partial charge in [0, 0.05) is 10.4 Å². The molecule has 0 radical (unpaired) electrons. The number of rotatable bonds is 4. The number of anilines is 2. The highest BCUT2D eigenvalue weighted by Gasteiger charge is 2.14. The van der Waals surface area contributed by atoms with Crippen molar-refractivity contribution in [2.75, 3.05) is 12.4 Å². The predicted octanol–water partition coefficient (Wildman–Crippen LogP) is 5.73. The molecule has 0 fully saturated rings. The summed E-state index contributed by atoms with van der Waals surface area (Å²) >= 11 is 1.68.